The molecular formula is C15H29N3O4. The Labute approximate surface area is 132 Å². The van der Waals surface area contributed by atoms with Crippen molar-refractivity contribution in [1.29, 1.82) is 0 Å². The number of hydrogen-bond acceptors (Lipinski definition) is 4. The van der Waals surface area contributed by atoms with Gasteiger partial charge in [-0.1, -0.05) is 12.8 Å². The van der Waals surface area contributed by atoms with Gasteiger partial charge >= 0.3 is 12.2 Å². The van der Waals surface area contributed by atoms with Crippen LogP contribution in [0.4, 0.5) is 9.59 Å². The molecule has 2 amide bonds. The van der Waals surface area contributed by atoms with Gasteiger partial charge in [0, 0.05) is 32.2 Å². The van der Waals surface area contributed by atoms with Crippen molar-refractivity contribution in [2.24, 2.45) is 0 Å². The Morgan fingerprint density at radius 1 is 1.23 bits per heavy atom. The second-order valence-corrected chi connectivity index (χ2v) is 6.80. The molecule has 0 saturated heterocycles. The van der Waals surface area contributed by atoms with Crippen LogP contribution >= 0.6 is 0 Å². The number of ether oxygens (including phenoxy) is 1. The van der Waals surface area contributed by atoms with E-state index in [0.29, 0.717) is 13.1 Å². The van der Waals surface area contributed by atoms with Gasteiger partial charge in [-0.3, -0.25) is 0 Å². The first-order valence-corrected chi connectivity index (χ1v) is 7.86. The second-order valence-electron chi connectivity index (χ2n) is 6.80. The van der Waals surface area contributed by atoms with Crippen molar-refractivity contribution in [2.45, 2.75) is 64.1 Å². The topological polar surface area (TPSA) is 90.9 Å². The second kappa shape index (κ2) is 8.22. The van der Waals surface area contributed by atoms with Crippen molar-refractivity contribution >= 4 is 12.2 Å². The molecule has 1 aliphatic rings. The molecule has 128 valence electrons. The van der Waals surface area contributed by atoms with Gasteiger partial charge in [0.2, 0.25) is 0 Å². The Morgan fingerprint density at radius 2 is 1.82 bits per heavy atom. The van der Waals surface area contributed by atoms with Gasteiger partial charge in [0.25, 0.3) is 0 Å². The van der Waals surface area contributed by atoms with Crippen molar-refractivity contribution in [2.75, 3.05) is 20.1 Å². The fourth-order valence-corrected chi connectivity index (χ4v) is 2.56. The van der Waals surface area contributed by atoms with Gasteiger partial charge in [-0.05, 0) is 33.6 Å². The molecule has 7 heteroatoms. The Kier molecular flexibility index (Phi) is 6.93. The summed E-state index contributed by atoms with van der Waals surface area (Å²) in [7, 11) is 1.70. The molecule has 0 aromatic rings. The Bertz CT molecular complexity index is 381. The van der Waals surface area contributed by atoms with E-state index in [0.717, 1.165) is 25.7 Å². The number of carbonyl (C=O) groups excluding carboxylic acids is 1. The number of amides is 2. The third-order valence-corrected chi connectivity index (χ3v) is 3.63. The standard InChI is InChI=1S/C15H29N3O4/c1-15(2,3)22-14(21)18(4)10-9-16-11-7-5-6-8-12(11)17-13(19)20/h11-12,16-17H,5-10H2,1-4H3,(H,19,20)/t11-,12-/m1/s1. The molecule has 1 rings (SSSR count). The molecule has 0 aromatic carbocycles. The highest BCUT2D eigenvalue weighted by molar-refractivity contribution is 5.67. The average Bonchev–Trinajstić information content (AvgIpc) is 2.38. The predicted octanol–water partition coefficient (Wildman–Crippen LogP) is 2.02. The lowest BCUT2D eigenvalue weighted by molar-refractivity contribution is 0.0298. The predicted molar refractivity (Wildman–Crippen MR) is 84.1 cm³/mol. The summed E-state index contributed by atoms with van der Waals surface area (Å²) in [6, 6.07) is 0.0648. The van der Waals surface area contributed by atoms with Crippen LogP contribution in [0.25, 0.3) is 0 Å². The Hall–Kier alpha value is -1.50. The first-order chi connectivity index (χ1) is 10.2. The van der Waals surface area contributed by atoms with E-state index in [1.807, 2.05) is 20.8 Å². The molecule has 0 unspecified atom stereocenters. The summed E-state index contributed by atoms with van der Waals surface area (Å²) in [5.41, 5.74) is -0.501. The van der Waals surface area contributed by atoms with Crippen LogP contribution < -0.4 is 10.6 Å². The molecule has 22 heavy (non-hydrogen) atoms. The molecule has 2 atom stereocenters. The fraction of sp³-hybridized carbons (Fsp3) is 0.867. The van der Waals surface area contributed by atoms with Crippen LogP contribution in [0, 0.1) is 0 Å². The summed E-state index contributed by atoms with van der Waals surface area (Å²) < 4.78 is 5.28. The van der Waals surface area contributed by atoms with Gasteiger partial charge in [-0.2, -0.15) is 0 Å². The maximum absolute atomic E-state index is 11.8. The maximum Gasteiger partial charge on any atom is 0.410 e. The first-order valence-electron chi connectivity index (χ1n) is 7.86. The first kappa shape index (κ1) is 18.5. The van der Waals surface area contributed by atoms with E-state index in [4.69, 9.17) is 9.84 Å². The van der Waals surface area contributed by atoms with Crippen molar-refractivity contribution in [3.8, 4) is 0 Å². The average molecular weight is 315 g/mol. The molecule has 0 heterocycles. The van der Waals surface area contributed by atoms with E-state index in [1.54, 1.807) is 7.05 Å². The number of nitrogens with one attached hydrogen (secondary N) is 2. The number of carbonyl (C=O) groups is 2. The minimum atomic E-state index is -0.982. The largest absolute Gasteiger partial charge is 0.465 e. The maximum atomic E-state index is 11.8. The normalized spacial score (nSPS) is 22.0. The molecule has 1 aliphatic carbocycles. The van der Waals surface area contributed by atoms with Crippen LogP contribution in [0.5, 0.6) is 0 Å². The van der Waals surface area contributed by atoms with Crippen LogP contribution in [-0.4, -0.2) is 60.0 Å². The van der Waals surface area contributed by atoms with Crippen LogP contribution in [0.3, 0.4) is 0 Å². The number of rotatable bonds is 5. The summed E-state index contributed by atoms with van der Waals surface area (Å²) >= 11 is 0. The van der Waals surface area contributed by atoms with E-state index in [1.165, 1.54) is 4.90 Å². The van der Waals surface area contributed by atoms with E-state index >= 15 is 0 Å². The highest BCUT2D eigenvalue weighted by Crippen LogP contribution is 2.18. The van der Waals surface area contributed by atoms with Gasteiger partial charge in [-0.25, -0.2) is 9.59 Å². The monoisotopic (exact) mass is 315 g/mol. The third kappa shape index (κ3) is 6.98. The zero-order chi connectivity index (χ0) is 16.8. The minimum Gasteiger partial charge on any atom is -0.465 e. The van der Waals surface area contributed by atoms with Gasteiger partial charge < -0.3 is 25.4 Å². The lowest BCUT2D eigenvalue weighted by Gasteiger charge is -2.32. The van der Waals surface area contributed by atoms with Gasteiger partial charge in [0.05, 0.1) is 0 Å². The molecule has 0 aromatic heterocycles. The van der Waals surface area contributed by atoms with Crippen LogP contribution in [-0.2, 0) is 4.74 Å². The van der Waals surface area contributed by atoms with Crippen molar-refractivity contribution in [3.05, 3.63) is 0 Å². The minimum absolute atomic E-state index is 0.0573. The summed E-state index contributed by atoms with van der Waals surface area (Å²) in [6.07, 6.45) is 2.60. The van der Waals surface area contributed by atoms with E-state index in [9.17, 15) is 9.59 Å². The highest BCUT2D eigenvalue weighted by atomic mass is 16.6. The molecular weight excluding hydrogens is 286 g/mol. The zero-order valence-electron chi connectivity index (χ0n) is 14.0. The molecule has 0 spiro atoms. The number of likely N-dealkylation sites (N-methyl/N-ethyl adjacent to an activating group) is 1. The number of hydrogen-bond donors (Lipinski definition) is 3. The van der Waals surface area contributed by atoms with Crippen LogP contribution in [0.2, 0.25) is 0 Å². The Morgan fingerprint density at radius 3 is 2.36 bits per heavy atom. The lowest BCUT2D eigenvalue weighted by Crippen LogP contribution is -2.52. The van der Waals surface area contributed by atoms with E-state index in [2.05, 4.69) is 10.6 Å². The van der Waals surface area contributed by atoms with Crippen molar-refractivity contribution in [3.63, 3.8) is 0 Å². The number of carboxylic acid groups (broad SMARTS) is 1. The quantitative estimate of drug-likeness (QED) is 0.722. The molecule has 0 aliphatic heterocycles. The van der Waals surface area contributed by atoms with Gasteiger partial charge in [0.15, 0.2) is 0 Å². The molecule has 3 N–H and O–H groups in total. The molecule has 1 fully saturated rings. The van der Waals surface area contributed by atoms with E-state index in [-0.39, 0.29) is 18.2 Å². The SMILES string of the molecule is CN(CCN[C@@H]1CCCC[C@H]1NC(=O)O)C(=O)OC(C)(C)C. The van der Waals surface area contributed by atoms with Crippen LogP contribution in [0.1, 0.15) is 46.5 Å². The molecule has 0 radical (unpaired) electrons. The van der Waals surface area contributed by atoms with Crippen molar-refractivity contribution in [1.82, 2.24) is 15.5 Å². The van der Waals surface area contributed by atoms with Crippen molar-refractivity contribution < 1.29 is 19.4 Å². The summed E-state index contributed by atoms with van der Waals surface area (Å²) in [6.45, 7) is 6.63. The zero-order valence-corrected chi connectivity index (χ0v) is 14.0. The van der Waals surface area contributed by atoms with Crippen LogP contribution in [0.15, 0.2) is 0 Å². The summed E-state index contributed by atoms with van der Waals surface area (Å²) in [4.78, 5) is 24.2. The molecule has 0 bridgehead atoms. The van der Waals surface area contributed by atoms with Gasteiger partial charge in [-0.15, -0.1) is 0 Å². The lowest BCUT2D eigenvalue weighted by atomic mass is 9.90. The summed E-state index contributed by atoms with van der Waals surface area (Å²) in [5, 5.41) is 14.8. The van der Waals surface area contributed by atoms with E-state index < -0.39 is 11.7 Å². The third-order valence-electron chi connectivity index (χ3n) is 3.63. The van der Waals surface area contributed by atoms with Gasteiger partial charge in [0.1, 0.15) is 5.60 Å². The molecule has 7 nitrogen and oxygen atoms in total. The Balaban J connectivity index is 2.35. The smallest absolute Gasteiger partial charge is 0.410 e. The highest BCUT2D eigenvalue weighted by Gasteiger charge is 2.26. The fourth-order valence-electron chi connectivity index (χ4n) is 2.56. The molecule has 1 saturated carbocycles. The number of nitrogens with zero attached hydrogens (tertiary/aromatic N) is 1. The summed E-state index contributed by atoms with van der Waals surface area (Å²) in [5.74, 6) is 0.